The van der Waals surface area contributed by atoms with E-state index in [-0.39, 0.29) is 0 Å². The van der Waals surface area contributed by atoms with Gasteiger partial charge in [0.15, 0.2) is 6.17 Å². The second-order valence-electron chi connectivity index (χ2n) is 2.51. The molecule has 4 heteroatoms. The van der Waals surface area contributed by atoms with E-state index in [1.165, 1.54) is 6.92 Å². The molecule has 1 fully saturated rings. The molecule has 0 aromatic rings. The van der Waals surface area contributed by atoms with Crippen molar-refractivity contribution < 1.29 is 18.7 Å². The monoisotopic (exact) mass is 162 g/mol. The summed E-state index contributed by atoms with van der Waals surface area (Å²) >= 11 is 0. The lowest BCUT2D eigenvalue weighted by Crippen LogP contribution is -2.34. The van der Waals surface area contributed by atoms with Crippen molar-refractivity contribution in [2.45, 2.75) is 32.2 Å². The maximum Gasteiger partial charge on any atom is 0.305 e. The predicted molar refractivity (Wildman–Crippen MR) is 35.6 cm³/mol. The second kappa shape index (κ2) is 3.67. The Morgan fingerprint density at radius 2 is 2.45 bits per heavy atom. The molecule has 11 heavy (non-hydrogen) atoms. The van der Waals surface area contributed by atoms with Crippen molar-refractivity contribution in [3.05, 3.63) is 0 Å². The summed E-state index contributed by atoms with van der Waals surface area (Å²) in [6, 6.07) is 0. The van der Waals surface area contributed by atoms with Gasteiger partial charge in [0.1, 0.15) is 0 Å². The lowest BCUT2D eigenvalue weighted by molar-refractivity contribution is -0.202. The molecule has 2 atom stereocenters. The number of esters is 1. The predicted octanol–water partition coefficient (Wildman–Crippen LogP) is 1.02. The highest BCUT2D eigenvalue weighted by Crippen LogP contribution is 2.17. The van der Waals surface area contributed by atoms with Crippen LogP contribution in [-0.2, 0) is 14.3 Å². The largest absolute Gasteiger partial charge is 0.433 e. The number of ether oxygens (including phenoxy) is 2. The summed E-state index contributed by atoms with van der Waals surface area (Å²) < 4.78 is 22.3. The topological polar surface area (TPSA) is 35.5 Å². The summed E-state index contributed by atoms with van der Waals surface area (Å²) in [5.41, 5.74) is 0. The maximum absolute atomic E-state index is 12.8. The molecule has 1 aliphatic rings. The number of carbonyl (C=O) groups excluding carboxylic acids is 1. The van der Waals surface area contributed by atoms with Crippen LogP contribution in [0.15, 0.2) is 0 Å². The van der Waals surface area contributed by atoms with Crippen molar-refractivity contribution in [3.63, 3.8) is 0 Å². The van der Waals surface area contributed by atoms with Gasteiger partial charge in [-0.3, -0.25) is 4.79 Å². The number of carbonyl (C=O) groups is 1. The first-order valence-electron chi connectivity index (χ1n) is 3.63. The third kappa shape index (κ3) is 2.46. The van der Waals surface area contributed by atoms with E-state index in [0.29, 0.717) is 19.4 Å². The second-order valence-corrected chi connectivity index (χ2v) is 2.51. The van der Waals surface area contributed by atoms with Crippen LogP contribution in [0, 0.1) is 0 Å². The van der Waals surface area contributed by atoms with Crippen LogP contribution in [-0.4, -0.2) is 25.0 Å². The van der Waals surface area contributed by atoms with Crippen LogP contribution in [0.25, 0.3) is 0 Å². The Kier molecular flexibility index (Phi) is 2.82. The molecular formula is C7H11FO3. The Morgan fingerprint density at radius 3 is 3.00 bits per heavy atom. The molecule has 0 aromatic heterocycles. The smallest absolute Gasteiger partial charge is 0.305 e. The molecule has 1 heterocycles. The van der Waals surface area contributed by atoms with E-state index in [1.807, 2.05) is 0 Å². The number of hydrogen-bond acceptors (Lipinski definition) is 3. The van der Waals surface area contributed by atoms with Crippen molar-refractivity contribution in [1.82, 2.24) is 0 Å². The highest BCUT2D eigenvalue weighted by molar-refractivity contribution is 5.66. The summed E-state index contributed by atoms with van der Waals surface area (Å²) in [5, 5.41) is 0. The minimum absolute atomic E-state index is 0.415. The van der Waals surface area contributed by atoms with E-state index < -0.39 is 18.4 Å². The van der Waals surface area contributed by atoms with Gasteiger partial charge in [-0.2, -0.15) is 0 Å². The van der Waals surface area contributed by atoms with E-state index in [9.17, 15) is 9.18 Å². The Bertz CT molecular complexity index is 149. The normalized spacial score (nSPS) is 31.5. The maximum atomic E-state index is 12.8. The van der Waals surface area contributed by atoms with Crippen molar-refractivity contribution in [3.8, 4) is 0 Å². The van der Waals surface area contributed by atoms with Crippen molar-refractivity contribution in [2.24, 2.45) is 0 Å². The molecular weight excluding hydrogens is 151 g/mol. The van der Waals surface area contributed by atoms with Gasteiger partial charge in [0.2, 0.25) is 6.29 Å². The molecule has 1 aliphatic heterocycles. The molecule has 0 N–H and O–H groups in total. The van der Waals surface area contributed by atoms with Gasteiger partial charge < -0.3 is 9.47 Å². The first kappa shape index (κ1) is 8.46. The van der Waals surface area contributed by atoms with E-state index in [0.717, 1.165) is 0 Å². The molecule has 3 nitrogen and oxygen atoms in total. The van der Waals surface area contributed by atoms with E-state index in [1.54, 1.807) is 0 Å². The minimum Gasteiger partial charge on any atom is -0.433 e. The summed E-state index contributed by atoms with van der Waals surface area (Å²) in [5.74, 6) is -0.500. The van der Waals surface area contributed by atoms with Crippen molar-refractivity contribution in [1.29, 1.82) is 0 Å². The summed E-state index contributed by atoms with van der Waals surface area (Å²) in [6.45, 7) is 1.71. The van der Waals surface area contributed by atoms with Crippen molar-refractivity contribution in [2.75, 3.05) is 6.61 Å². The standard InChI is InChI=1S/C7H11FO3/c1-5(9)11-7-6(8)3-2-4-10-7/h6-7H,2-4H2,1H3. The van der Waals surface area contributed by atoms with Crippen molar-refractivity contribution >= 4 is 5.97 Å². The zero-order valence-electron chi connectivity index (χ0n) is 6.38. The summed E-state index contributed by atoms with van der Waals surface area (Å²) in [6.07, 6.45) is -1.02. The van der Waals surface area contributed by atoms with E-state index >= 15 is 0 Å². The molecule has 1 rings (SSSR count). The number of hydrogen-bond donors (Lipinski definition) is 0. The molecule has 64 valence electrons. The van der Waals surface area contributed by atoms with Gasteiger partial charge in [-0.05, 0) is 12.8 Å². The third-order valence-electron chi connectivity index (χ3n) is 1.48. The van der Waals surface area contributed by atoms with Crippen LogP contribution in [0.3, 0.4) is 0 Å². The lowest BCUT2D eigenvalue weighted by atomic mass is 10.2. The van der Waals surface area contributed by atoms with Gasteiger partial charge in [-0.25, -0.2) is 4.39 Å². The molecule has 0 saturated carbocycles. The lowest BCUT2D eigenvalue weighted by Gasteiger charge is -2.25. The highest BCUT2D eigenvalue weighted by Gasteiger charge is 2.27. The molecule has 0 aromatic carbocycles. The fourth-order valence-corrected chi connectivity index (χ4v) is 0.990. The number of alkyl halides is 1. The van der Waals surface area contributed by atoms with Gasteiger partial charge >= 0.3 is 5.97 Å². The average molecular weight is 162 g/mol. The van der Waals surface area contributed by atoms with Crippen LogP contribution < -0.4 is 0 Å². The summed E-state index contributed by atoms with van der Waals surface area (Å²) in [7, 11) is 0. The molecule has 0 spiro atoms. The SMILES string of the molecule is CC(=O)OC1OCCCC1F. The molecule has 0 aliphatic carbocycles. The fourth-order valence-electron chi connectivity index (χ4n) is 0.990. The Hall–Kier alpha value is -0.640. The number of halogens is 1. The highest BCUT2D eigenvalue weighted by atomic mass is 19.1. The first-order chi connectivity index (χ1) is 5.20. The summed E-state index contributed by atoms with van der Waals surface area (Å²) in [4.78, 5) is 10.4. The molecule has 0 bridgehead atoms. The van der Waals surface area contributed by atoms with Gasteiger partial charge in [0.25, 0.3) is 0 Å². The Labute approximate surface area is 64.5 Å². The average Bonchev–Trinajstić information content (AvgIpc) is 1.93. The Balaban J connectivity index is 2.35. The Morgan fingerprint density at radius 1 is 1.73 bits per heavy atom. The van der Waals surface area contributed by atoms with E-state index in [4.69, 9.17) is 4.74 Å². The van der Waals surface area contributed by atoms with Crippen LogP contribution in [0.4, 0.5) is 4.39 Å². The van der Waals surface area contributed by atoms with Gasteiger partial charge in [-0.15, -0.1) is 0 Å². The number of rotatable bonds is 1. The quantitative estimate of drug-likeness (QED) is 0.540. The molecule has 2 unspecified atom stereocenters. The zero-order valence-corrected chi connectivity index (χ0v) is 6.38. The van der Waals surface area contributed by atoms with Crippen LogP contribution >= 0.6 is 0 Å². The fraction of sp³-hybridized carbons (Fsp3) is 0.857. The molecule has 0 amide bonds. The van der Waals surface area contributed by atoms with Crippen LogP contribution in [0.1, 0.15) is 19.8 Å². The van der Waals surface area contributed by atoms with Gasteiger partial charge in [-0.1, -0.05) is 0 Å². The molecule has 0 radical (unpaired) electrons. The first-order valence-corrected chi connectivity index (χ1v) is 3.63. The zero-order chi connectivity index (χ0) is 8.27. The van der Waals surface area contributed by atoms with Crippen LogP contribution in [0.2, 0.25) is 0 Å². The van der Waals surface area contributed by atoms with Gasteiger partial charge in [0, 0.05) is 6.92 Å². The van der Waals surface area contributed by atoms with Crippen LogP contribution in [0.5, 0.6) is 0 Å². The molecule has 1 saturated heterocycles. The van der Waals surface area contributed by atoms with E-state index in [2.05, 4.69) is 4.74 Å². The minimum atomic E-state index is -1.16. The third-order valence-corrected chi connectivity index (χ3v) is 1.48. The van der Waals surface area contributed by atoms with Gasteiger partial charge in [0.05, 0.1) is 6.61 Å².